The fraction of sp³-hybridized carbons (Fsp3) is 0.444. The summed E-state index contributed by atoms with van der Waals surface area (Å²) in [6, 6.07) is 8.89. The maximum Gasteiger partial charge on any atom is 0.134 e. The highest BCUT2D eigenvalue weighted by Gasteiger charge is 2.19. The molecule has 0 spiro atoms. The second kappa shape index (κ2) is 6.63. The molecule has 0 saturated carbocycles. The lowest BCUT2D eigenvalue weighted by atomic mass is 10.0. The summed E-state index contributed by atoms with van der Waals surface area (Å²) in [5, 5.41) is 3.40. The molecule has 1 N–H and O–H groups in total. The summed E-state index contributed by atoms with van der Waals surface area (Å²) in [6.07, 6.45) is 0. The minimum Gasteiger partial charge on any atom is -0.460 e. The van der Waals surface area contributed by atoms with Crippen LogP contribution in [0.5, 0.6) is 0 Å². The zero-order valence-electron chi connectivity index (χ0n) is 14.0. The van der Waals surface area contributed by atoms with Crippen LogP contribution in [0.25, 0.3) is 11.3 Å². The van der Waals surface area contributed by atoms with E-state index < -0.39 is 0 Å². The highest BCUT2D eigenvalue weighted by atomic mass is 19.1. The van der Waals surface area contributed by atoms with Crippen molar-refractivity contribution in [1.29, 1.82) is 0 Å². The van der Waals surface area contributed by atoms with Gasteiger partial charge in [-0.25, -0.2) is 4.39 Å². The average molecular weight is 304 g/mol. The minimum atomic E-state index is -0.207. The summed E-state index contributed by atoms with van der Waals surface area (Å²) in [6.45, 7) is 7.65. The van der Waals surface area contributed by atoms with Crippen molar-refractivity contribution in [2.45, 2.75) is 32.9 Å². The number of halogens is 1. The largest absolute Gasteiger partial charge is 0.460 e. The number of likely N-dealkylation sites (N-methyl/N-ethyl adjacent to an activating group) is 1. The van der Waals surface area contributed by atoms with Crippen LogP contribution in [0.1, 0.15) is 25.2 Å². The Morgan fingerprint density at radius 3 is 2.59 bits per heavy atom. The smallest absolute Gasteiger partial charge is 0.134 e. The summed E-state index contributed by atoms with van der Waals surface area (Å²) in [7, 11) is 4.14. The molecule has 22 heavy (non-hydrogen) atoms. The Morgan fingerprint density at radius 2 is 1.91 bits per heavy atom. The molecule has 0 amide bonds. The van der Waals surface area contributed by atoms with E-state index in [9.17, 15) is 4.39 Å². The van der Waals surface area contributed by atoms with Gasteiger partial charge in [-0.3, -0.25) is 0 Å². The van der Waals surface area contributed by atoms with Gasteiger partial charge in [-0.15, -0.1) is 0 Å². The summed E-state index contributed by atoms with van der Waals surface area (Å²) >= 11 is 0. The van der Waals surface area contributed by atoms with Gasteiger partial charge in [-0.05, 0) is 58.6 Å². The maximum absolute atomic E-state index is 13.6. The number of rotatable bonds is 6. The second-order valence-electron chi connectivity index (χ2n) is 6.49. The molecule has 0 aliphatic heterocycles. The molecular weight excluding hydrogens is 279 g/mol. The first-order valence-corrected chi connectivity index (χ1v) is 7.53. The minimum absolute atomic E-state index is 0.0779. The number of benzene rings is 1. The lowest BCUT2D eigenvalue weighted by molar-refractivity contribution is 0.188. The van der Waals surface area contributed by atoms with Crippen LogP contribution in [-0.4, -0.2) is 31.1 Å². The third-order valence-corrected chi connectivity index (χ3v) is 4.26. The van der Waals surface area contributed by atoms with Crippen LogP contribution < -0.4 is 5.32 Å². The van der Waals surface area contributed by atoms with Gasteiger partial charge < -0.3 is 14.6 Å². The zero-order valence-corrected chi connectivity index (χ0v) is 14.0. The summed E-state index contributed by atoms with van der Waals surface area (Å²) in [5.41, 5.74) is 1.50. The van der Waals surface area contributed by atoms with Gasteiger partial charge >= 0.3 is 0 Å². The predicted molar refractivity (Wildman–Crippen MR) is 88.3 cm³/mol. The molecule has 2 aromatic rings. The van der Waals surface area contributed by atoms with Gasteiger partial charge in [0.05, 0.1) is 6.54 Å². The van der Waals surface area contributed by atoms with Gasteiger partial charge in [-0.1, -0.05) is 12.1 Å². The fourth-order valence-corrected chi connectivity index (χ4v) is 2.14. The average Bonchev–Trinajstić information content (AvgIpc) is 2.90. The number of nitrogens with one attached hydrogen (secondary N) is 1. The molecule has 4 heteroatoms. The first kappa shape index (κ1) is 16.7. The first-order chi connectivity index (χ1) is 10.3. The van der Waals surface area contributed by atoms with Crippen molar-refractivity contribution in [3.63, 3.8) is 0 Å². The van der Waals surface area contributed by atoms with E-state index in [-0.39, 0.29) is 11.4 Å². The van der Waals surface area contributed by atoms with Crippen molar-refractivity contribution in [2.24, 2.45) is 0 Å². The highest BCUT2D eigenvalue weighted by Crippen LogP contribution is 2.27. The molecule has 0 unspecified atom stereocenters. The lowest BCUT2D eigenvalue weighted by Gasteiger charge is -2.32. The molecule has 0 aliphatic rings. The van der Waals surface area contributed by atoms with E-state index in [4.69, 9.17) is 4.42 Å². The topological polar surface area (TPSA) is 28.4 Å². The van der Waals surface area contributed by atoms with E-state index in [1.54, 1.807) is 13.0 Å². The second-order valence-corrected chi connectivity index (χ2v) is 6.49. The zero-order chi connectivity index (χ0) is 16.3. The Bertz CT molecular complexity index is 632. The van der Waals surface area contributed by atoms with Crippen LogP contribution in [0.15, 0.2) is 34.7 Å². The summed E-state index contributed by atoms with van der Waals surface area (Å²) in [4.78, 5) is 2.18. The Labute approximate surface area is 132 Å². The molecular formula is C18H25FN2O. The Morgan fingerprint density at radius 1 is 1.18 bits per heavy atom. The monoisotopic (exact) mass is 304 g/mol. The molecule has 0 saturated heterocycles. The molecule has 3 nitrogen and oxygen atoms in total. The molecule has 0 bridgehead atoms. The molecule has 0 atom stereocenters. The van der Waals surface area contributed by atoms with Crippen molar-refractivity contribution in [1.82, 2.24) is 10.2 Å². The van der Waals surface area contributed by atoms with E-state index in [1.165, 1.54) is 6.07 Å². The predicted octanol–water partition coefficient (Wildman–Crippen LogP) is 3.82. The van der Waals surface area contributed by atoms with Crippen molar-refractivity contribution in [2.75, 3.05) is 20.6 Å². The first-order valence-electron chi connectivity index (χ1n) is 7.53. The SMILES string of the molecule is Cc1c(F)cccc1-c1ccc(CNCC(C)(C)N(C)C)o1. The Balaban J connectivity index is 2.02. The maximum atomic E-state index is 13.6. The van der Waals surface area contributed by atoms with Gasteiger partial charge in [0.15, 0.2) is 0 Å². The van der Waals surface area contributed by atoms with Gasteiger partial charge in [-0.2, -0.15) is 0 Å². The van der Waals surface area contributed by atoms with Crippen LogP contribution in [-0.2, 0) is 6.54 Å². The van der Waals surface area contributed by atoms with Crippen LogP contribution in [0.2, 0.25) is 0 Å². The van der Waals surface area contributed by atoms with E-state index >= 15 is 0 Å². The third-order valence-electron chi connectivity index (χ3n) is 4.26. The Kier molecular flexibility index (Phi) is 5.04. The van der Waals surface area contributed by atoms with Gasteiger partial charge in [0.2, 0.25) is 0 Å². The molecule has 2 rings (SSSR count). The van der Waals surface area contributed by atoms with Gasteiger partial charge in [0, 0.05) is 17.6 Å². The number of furan rings is 1. The lowest BCUT2D eigenvalue weighted by Crippen LogP contribution is -2.46. The van der Waals surface area contributed by atoms with Crippen molar-refractivity contribution < 1.29 is 8.81 Å². The van der Waals surface area contributed by atoms with E-state index in [1.807, 2.05) is 18.2 Å². The molecule has 0 fully saturated rings. The molecule has 1 aromatic carbocycles. The molecule has 0 aliphatic carbocycles. The van der Waals surface area contributed by atoms with Gasteiger partial charge in [0.25, 0.3) is 0 Å². The molecule has 120 valence electrons. The third kappa shape index (κ3) is 3.76. The quantitative estimate of drug-likeness (QED) is 0.879. The highest BCUT2D eigenvalue weighted by molar-refractivity contribution is 5.62. The Hall–Kier alpha value is -1.65. The van der Waals surface area contributed by atoms with Crippen LogP contribution in [0, 0.1) is 12.7 Å². The molecule has 1 heterocycles. The molecule has 0 radical (unpaired) electrons. The van der Waals surface area contributed by atoms with Crippen molar-refractivity contribution >= 4 is 0 Å². The number of nitrogens with zero attached hydrogens (tertiary/aromatic N) is 1. The standard InChI is InChI=1S/C18H25FN2O/c1-13-15(7-6-8-16(13)19)17-10-9-14(22-17)11-20-12-18(2,3)21(4)5/h6-10,20H,11-12H2,1-5H3. The van der Waals surface area contributed by atoms with Crippen molar-refractivity contribution in [3.8, 4) is 11.3 Å². The summed E-state index contributed by atoms with van der Waals surface area (Å²) in [5.74, 6) is 1.36. The van der Waals surface area contributed by atoms with E-state index in [0.717, 1.165) is 17.9 Å². The van der Waals surface area contributed by atoms with Gasteiger partial charge in [0.1, 0.15) is 17.3 Å². The van der Waals surface area contributed by atoms with E-state index in [0.29, 0.717) is 17.9 Å². The van der Waals surface area contributed by atoms with Crippen LogP contribution in [0.3, 0.4) is 0 Å². The van der Waals surface area contributed by atoms with E-state index in [2.05, 4.69) is 38.2 Å². The number of hydrogen-bond acceptors (Lipinski definition) is 3. The summed E-state index contributed by atoms with van der Waals surface area (Å²) < 4.78 is 19.5. The van der Waals surface area contributed by atoms with Crippen molar-refractivity contribution in [3.05, 3.63) is 47.5 Å². The van der Waals surface area contributed by atoms with Crippen LogP contribution >= 0.6 is 0 Å². The normalized spacial score (nSPS) is 12.1. The number of hydrogen-bond donors (Lipinski definition) is 1. The fourth-order valence-electron chi connectivity index (χ4n) is 2.14. The molecule has 1 aromatic heterocycles. The van der Waals surface area contributed by atoms with Crippen LogP contribution in [0.4, 0.5) is 4.39 Å².